The van der Waals surface area contributed by atoms with Gasteiger partial charge in [0.1, 0.15) is 5.60 Å². The number of hydrogen-bond acceptors (Lipinski definition) is 3. The van der Waals surface area contributed by atoms with Crippen molar-refractivity contribution in [1.82, 2.24) is 9.80 Å². The minimum atomic E-state index is -0.155. The van der Waals surface area contributed by atoms with Crippen molar-refractivity contribution in [3.05, 3.63) is 0 Å². The number of carbonyl (C=O) groups excluding carboxylic acids is 1. The Bertz CT molecular complexity index is 370. The molecule has 2 aliphatic heterocycles. The van der Waals surface area contributed by atoms with Crippen molar-refractivity contribution in [3.8, 4) is 0 Å². The summed E-state index contributed by atoms with van der Waals surface area (Å²) in [6.45, 7) is 6.32. The molecule has 0 atom stereocenters. The molecule has 2 heterocycles. The number of hydrogen-bond donors (Lipinski definition) is 0. The van der Waals surface area contributed by atoms with Crippen molar-refractivity contribution in [2.45, 2.75) is 50.2 Å². The second-order valence-corrected chi connectivity index (χ2v) is 6.77. The van der Waals surface area contributed by atoms with E-state index in [2.05, 4.69) is 16.7 Å². The predicted molar refractivity (Wildman–Crippen MR) is 67.3 cm³/mol. The lowest BCUT2D eigenvalue weighted by Gasteiger charge is -2.64. The zero-order chi connectivity index (χ0) is 12.4. The number of piperidine rings is 1. The standard InChI is InChI=1S/C14H22N2O2/c1-2-15-5-3-14(4-6-15)10-16(12(17)18-14)13-7-11(8-13)9-13/h11H,2-10H2,1H3. The summed E-state index contributed by atoms with van der Waals surface area (Å²) < 4.78 is 5.80. The highest BCUT2D eigenvalue weighted by Gasteiger charge is 2.65. The first-order valence-electron chi connectivity index (χ1n) is 7.38. The van der Waals surface area contributed by atoms with E-state index in [-0.39, 0.29) is 17.2 Å². The molecule has 0 aromatic carbocycles. The fourth-order valence-corrected chi connectivity index (χ4v) is 4.29. The summed E-state index contributed by atoms with van der Waals surface area (Å²) in [6, 6.07) is 0. The Morgan fingerprint density at radius 2 is 1.94 bits per heavy atom. The molecule has 18 heavy (non-hydrogen) atoms. The molecule has 2 bridgehead atoms. The van der Waals surface area contributed by atoms with Crippen molar-refractivity contribution in [2.75, 3.05) is 26.2 Å². The molecule has 3 saturated carbocycles. The molecular formula is C14H22N2O2. The second-order valence-electron chi connectivity index (χ2n) is 6.77. The largest absolute Gasteiger partial charge is 0.441 e. The maximum atomic E-state index is 12.2. The van der Waals surface area contributed by atoms with E-state index in [1.807, 2.05) is 0 Å². The lowest BCUT2D eigenvalue weighted by molar-refractivity contribution is -0.117. The zero-order valence-corrected chi connectivity index (χ0v) is 11.2. The third-order valence-corrected chi connectivity index (χ3v) is 5.76. The Morgan fingerprint density at radius 1 is 1.28 bits per heavy atom. The van der Waals surface area contributed by atoms with Crippen LogP contribution in [0.5, 0.6) is 0 Å². The van der Waals surface area contributed by atoms with Crippen LogP contribution in [0.25, 0.3) is 0 Å². The van der Waals surface area contributed by atoms with E-state index in [0.717, 1.165) is 44.9 Å². The van der Waals surface area contributed by atoms with Gasteiger partial charge in [0.15, 0.2) is 0 Å². The first kappa shape index (κ1) is 11.1. The molecular weight excluding hydrogens is 228 g/mol. The van der Waals surface area contributed by atoms with Crippen molar-refractivity contribution < 1.29 is 9.53 Å². The molecule has 0 aromatic rings. The van der Waals surface area contributed by atoms with Gasteiger partial charge in [0.05, 0.1) is 6.54 Å². The number of rotatable bonds is 2. The van der Waals surface area contributed by atoms with E-state index in [4.69, 9.17) is 4.74 Å². The highest BCUT2D eigenvalue weighted by Crippen LogP contribution is 2.62. The third-order valence-electron chi connectivity index (χ3n) is 5.76. The van der Waals surface area contributed by atoms with Crippen molar-refractivity contribution in [3.63, 3.8) is 0 Å². The van der Waals surface area contributed by atoms with Gasteiger partial charge in [-0.1, -0.05) is 6.92 Å². The Hall–Kier alpha value is -0.770. The summed E-state index contributed by atoms with van der Waals surface area (Å²) in [5, 5.41) is 0. The van der Waals surface area contributed by atoms with Crippen molar-refractivity contribution in [2.24, 2.45) is 5.92 Å². The van der Waals surface area contributed by atoms with Gasteiger partial charge >= 0.3 is 6.09 Å². The van der Waals surface area contributed by atoms with Gasteiger partial charge in [-0.25, -0.2) is 4.79 Å². The van der Waals surface area contributed by atoms with Gasteiger partial charge in [0.2, 0.25) is 0 Å². The number of likely N-dealkylation sites (tertiary alicyclic amines) is 1. The second kappa shape index (κ2) is 3.41. The topological polar surface area (TPSA) is 32.8 Å². The van der Waals surface area contributed by atoms with Crippen LogP contribution in [-0.4, -0.2) is 53.2 Å². The van der Waals surface area contributed by atoms with Crippen LogP contribution < -0.4 is 0 Å². The van der Waals surface area contributed by atoms with Crippen LogP contribution in [0.15, 0.2) is 0 Å². The van der Waals surface area contributed by atoms with Gasteiger partial charge in [0, 0.05) is 31.5 Å². The van der Waals surface area contributed by atoms with Gasteiger partial charge in [-0.15, -0.1) is 0 Å². The van der Waals surface area contributed by atoms with E-state index < -0.39 is 0 Å². The summed E-state index contributed by atoms with van der Waals surface area (Å²) >= 11 is 0. The highest BCUT2D eigenvalue weighted by atomic mass is 16.6. The van der Waals surface area contributed by atoms with Gasteiger partial charge in [-0.05, 0) is 31.7 Å². The number of carbonyl (C=O) groups is 1. The lowest BCUT2D eigenvalue weighted by atomic mass is 9.49. The Kier molecular flexibility index (Phi) is 2.10. The van der Waals surface area contributed by atoms with Gasteiger partial charge in [-0.3, -0.25) is 4.90 Å². The summed E-state index contributed by atoms with van der Waals surface area (Å²) in [7, 11) is 0. The van der Waals surface area contributed by atoms with Gasteiger partial charge in [0.25, 0.3) is 0 Å². The normalized spacial score (nSPS) is 41.5. The van der Waals surface area contributed by atoms with Crippen LogP contribution in [0.1, 0.15) is 39.0 Å². The van der Waals surface area contributed by atoms with Crippen molar-refractivity contribution >= 4 is 6.09 Å². The van der Waals surface area contributed by atoms with Gasteiger partial charge in [-0.2, -0.15) is 0 Å². The summed E-state index contributed by atoms with van der Waals surface area (Å²) in [6.07, 6.45) is 5.71. The lowest BCUT2D eigenvalue weighted by Crippen LogP contribution is -2.68. The van der Waals surface area contributed by atoms with Crippen molar-refractivity contribution in [1.29, 1.82) is 0 Å². The maximum absolute atomic E-state index is 12.2. The molecule has 2 saturated heterocycles. The van der Waals surface area contributed by atoms with Crippen LogP contribution in [0.3, 0.4) is 0 Å². The predicted octanol–water partition coefficient (Wildman–Crippen LogP) is 1.85. The average Bonchev–Trinajstić information content (AvgIpc) is 2.53. The minimum Gasteiger partial charge on any atom is -0.441 e. The van der Waals surface area contributed by atoms with E-state index >= 15 is 0 Å². The fraction of sp³-hybridized carbons (Fsp3) is 0.929. The third kappa shape index (κ3) is 1.33. The number of ether oxygens (including phenoxy) is 1. The molecule has 5 fully saturated rings. The molecule has 0 aromatic heterocycles. The number of nitrogens with zero attached hydrogens (tertiary/aromatic N) is 2. The van der Waals surface area contributed by atoms with Crippen LogP contribution in [0.2, 0.25) is 0 Å². The molecule has 0 N–H and O–H groups in total. The molecule has 1 amide bonds. The smallest absolute Gasteiger partial charge is 0.410 e. The SMILES string of the molecule is CCN1CCC2(CC1)CN(C13CC(C1)C3)C(=O)O2. The average molecular weight is 250 g/mol. The van der Waals surface area contributed by atoms with Crippen LogP contribution in [0.4, 0.5) is 4.79 Å². The summed E-state index contributed by atoms with van der Waals surface area (Å²) in [4.78, 5) is 16.7. The fourth-order valence-electron chi connectivity index (χ4n) is 4.29. The summed E-state index contributed by atoms with van der Waals surface area (Å²) in [5.41, 5.74) is 0.0747. The quantitative estimate of drug-likeness (QED) is 0.750. The van der Waals surface area contributed by atoms with E-state index in [9.17, 15) is 4.79 Å². The van der Waals surface area contributed by atoms with Crippen LogP contribution in [-0.2, 0) is 4.74 Å². The maximum Gasteiger partial charge on any atom is 0.410 e. The Labute approximate surface area is 108 Å². The molecule has 4 heteroatoms. The van der Waals surface area contributed by atoms with E-state index in [1.165, 1.54) is 19.3 Å². The molecule has 5 aliphatic rings. The molecule has 0 radical (unpaired) electrons. The minimum absolute atomic E-state index is 0.0295. The van der Waals surface area contributed by atoms with Crippen LogP contribution >= 0.6 is 0 Å². The summed E-state index contributed by atoms with van der Waals surface area (Å²) in [5.74, 6) is 0.913. The van der Waals surface area contributed by atoms with Crippen LogP contribution in [0, 0.1) is 5.92 Å². The number of amides is 1. The highest BCUT2D eigenvalue weighted by molar-refractivity contribution is 5.72. The molecule has 5 rings (SSSR count). The Morgan fingerprint density at radius 3 is 2.44 bits per heavy atom. The van der Waals surface area contributed by atoms with Gasteiger partial charge < -0.3 is 9.64 Å². The van der Waals surface area contributed by atoms with E-state index in [0.29, 0.717) is 0 Å². The molecule has 3 aliphatic carbocycles. The molecule has 1 spiro atoms. The zero-order valence-electron chi connectivity index (χ0n) is 11.2. The first-order chi connectivity index (χ1) is 8.65. The molecule has 100 valence electrons. The molecule has 4 nitrogen and oxygen atoms in total. The van der Waals surface area contributed by atoms with E-state index in [1.54, 1.807) is 0 Å². The first-order valence-corrected chi connectivity index (χ1v) is 7.38. The monoisotopic (exact) mass is 250 g/mol. The molecule has 0 unspecified atom stereocenters. The Balaban J connectivity index is 1.47.